The van der Waals surface area contributed by atoms with Crippen LogP contribution in [-0.4, -0.2) is 23.5 Å². The van der Waals surface area contributed by atoms with Crippen LogP contribution in [0.15, 0.2) is 4.99 Å². The van der Waals surface area contributed by atoms with Crippen LogP contribution in [0.5, 0.6) is 0 Å². The van der Waals surface area contributed by atoms with E-state index in [0.717, 1.165) is 12.5 Å². The number of amidine groups is 1. The van der Waals surface area contributed by atoms with Gasteiger partial charge in [-0.2, -0.15) is 0 Å². The zero-order valence-corrected chi connectivity index (χ0v) is 10.5. The van der Waals surface area contributed by atoms with Gasteiger partial charge in [0.1, 0.15) is 0 Å². The second kappa shape index (κ2) is 5.78. The Labute approximate surface area is 97.3 Å². The van der Waals surface area contributed by atoms with E-state index in [4.69, 9.17) is 0 Å². The van der Waals surface area contributed by atoms with Crippen LogP contribution in [0.25, 0.3) is 0 Å². The normalized spacial score (nSPS) is 29.9. The summed E-state index contributed by atoms with van der Waals surface area (Å²) in [5, 5.41) is 4.57. The molecule has 1 heterocycles. The van der Waals surface area contributed by atoms with Gasteiger partial charge in [-0.1, -0.05) is 37.4 Å². The van der Waals surface area contributed by atoms with Crippen molar-refractivity contribution in [3.63, 3.8) is 0 Å². The van der Waals surface area contributed by atoms with Crippen molar-refractivity contribution in [2.45, 2.75) is 51.5 Å². The Kier molecular flexibility index (Phi) is 4.36. The molecule has 86 valence electrons. The monoisotopic (exact) mass is 226 g/mol. The molecule has 1 saturated heterocycles. The zero-order valence-electron chi connectivity index (χ0n) is 9.67. The molecule has 2 nitrogen and oxygen atoms in total. The van der Waals surface area contributed by atoms with Gasteiger partial charge in [-0.15, -0.1) is 0 Å². The molecule has 1 atom stereocenters. The highest BCUT2D eigenvalue weighted by atomic mass is 32.2. The van der Waals surface area contributed by atoms with E-state index < -0.39 is 0 Å². The van der Waals surface area contributed by atoms with Crippen molar-refractivity contribution >= 4 is 16.9 Å². The second-order valence-electron chi connectivity index (χ2n) is 4.84. The van der Waals surface area contributed by atoms with E-state index in [2.05, 4.69) is 17.2 Å². The first-order valence-electron chi connectivity index (χ1n) is 6.28. The molecule has 0 aromatic rings. The van der Waals surface area contributed by atoms with Crippen molar-refractivity contribution in [2.75, 3.05) is 12.3 Å². The lowest BCUT2D eigenvalue weighted by molar-refractivity contribution is 0.488. The molecule has 1 unspecified atom stereocenters. The standard InChI is InChI=1S/C12H22N2S/c1-10-9-15-12(14-10)13-8-4-7-11-5-2-3-6-11/h10-11H,2-9H2,1H3,(H,13,14). The number of hydrogen-bond acceptors (Lipinski definition) is 2. The van der Waals surface area contributed by atoms with Gasteiger partial charge < -0.3 is 5.32 Å². The summed E-state index contributed by atoms with van der Waals surface area (Å²) in [4.78, 5) is 4.60. The molecule has 0 radical (unpaired) electrons. The SMILES string of the molecule is CC1CSC(=NCCCC2CCCC2)N1. The number of thioether (sulfide) groups is 1. The van der Waals surface area contributed by atoms with Gasteiger partial charge in [0.05, 0.1) is 0 Å². The Morgan fingerprint density at radius 3 is 2.87 bits per heavy atom. The highest BCUT2D eigenvalue weighted by Gasteiger charge is 2.16. The predicted octanol–water partition coefficient (Wildman–Crippen LogP) is 3.04. The molecule has 0 bridgehead atoms. The molecule has 0 spiro atoms. The molecule has 0 aromatic carbocycles. The van der Waals surface area contributed by atoms with E-state index >= 15 is 0 Å². The molecule has 0 aromatic heterocycles. The lowest BCUT2D eigenvalue weighted by Crippen LogP contribution is -2.23. The number of nitrogens with zero attached hydrogens (tertiary/aromatic N) is 1. The molecular weight excluding hydrogens is 204 g/mol. The zero-order chi connectivity index (χ0) is 10.5. The number of rotatable bonds is 4. The molecule has 2 fully saturated rings. The van der Waals surface area contributed by atoms with E-state index in [9.17, 15) is 0 Å². The molecule has 2 aliphatic rings. The molecule has 1 aliphatic heterocycles. The van der Waals surface area contributed by atoms with Crippen LogP contribution in [0.2, 0.25) is 0 Å². The summed E-state index contributed by atoms with van der Waals surface area (Å²) in [5.41, 5.74) is 0. The summed E-state index contributed by atoms with van der Waals surface area (Å²) in [6.07, 6.45) is 8.56. The minimum atomic E-state index is 0.614. The Hall–Kier alpha value is -0.180. The lowest BCUT2D eigenvalue weighted by Gasteiger charge is -2.06. The molecular formula is C12H22N2S. The molecule has 3 heteroatoms. The molecule has 1 N–H and O–H groups in total. The van der Waals surface area contributed by atoms with Crippen molar-refractivity contribution < 1.29 is 0 Å². The van der Waals surface area contributed by atoms with Gasteiger partial charge in [-0.25, -0.2) is 0 Å². The van der Waals surface area contributed by atoms with Crippen molar-refractivity contribution in [1.29, 1.82) is 0 Å². The van der Waals surface area contributed by atoms with Gasteiger partial charge in [-0.05, 0) is 25.7 Å². The van der Waals surface area contributed by atoms with Crippen LogP contribution in [0.1, 0.15) is 45.4 Å². The summed E-state index contributed by atoms with van der Waals surface area (Å²) in [6, 6.07) is 0.614. The minimum Gasteiger partial charge on any atom is -0.362 e. The fourth-order valence-corrected chi connectivity index (χ4v) is 3.41. The van der Waals surface area contributed by atoms with Gasteiger partial charge >= 0.3 is 0 Å². The van der Waals surface area contributed by atoms with E-state index in [0.29, 0.717) is 6.04 Å². The molecule has 1 saturated carbocycles. The maximum atomic E-state index is 4.60. The summed E-state index contributed by atoms with van der Waals surface area (Å²) >= 11 is 1.87. The van der Waals surface area contributed by atoms with Crippen molar-refractivity contribution in [3.8, 4) is 0 Å². The predicted molar refractivity (Wildman–Crippen MR) is 68.5 cm³/mol. The van der Waals surface area contributed by atoms with Crippen LogP contribution < -0.4 is 5.32 Å². The smallest absolute Gasteiger partial charge is 0.156 e. The molecule has 1 aliphatic carbocycles. The van der Waals surface area contributed by atoms with Crippen LogP contribution in [0.3, 0.4) is 0 Å². The third kappa shape index (κ3) is 3.71. The van der Waals surface area contributed by atoms with E-state index in [1.807, 2.05) is 11.8 Å². The fraction of sp³-hybridized carbons (Fsp3) is 0.917. The van der Waals surface area contributed by atoms with Crippen molar-refractivity contribution in [1.82, 2.24) is 5.32 Å². The van der Waals surface area contributed by atoms with E-state index in [1.54, 1.807) is 0 Å². The highest BCUT2D eigenvalue weighted by Crippen LogP contribution is 2.28. The molecule has 2 rings (SSSR count). The Bertz CT molecular complexity index is 222. The average Bonchev–Trinajstić information content (AvgIpc) is 2.84. The third-order valence-electron chi connectivity index (χ3n) is 3.34. The first-order chi connectivity index (χ1) is 7.34. The van der Waals surface area contributed by atoms with E-state index in [-0.39, 0.29) is 0 Å². The average molecular weight is 226 g/mol. The van der Waals surface area contributed by atoms with Crippen LogP contribution >= 0.6 is 11.8 Å². The Morgan fingerprint density at radius 2 is 2.20 bits per heavy atom. The Balaban J connectivity index is 1.58. The number of nitrogens with one attached hydrogen (secondary N) is 1. The van der Waals surface area contributed by atoms with Crippen LogP contribution in [-0.2, 0) is 0 Å². The maximum Gasteiger partial charge on any atom is 0.156 e. The van der Waals surface area contributed by atoms with Gasteiger partial charge in [0.15, 0.2) is 5.17 Å². The van der Waals surface area contributed by atoms with E-state index in [1.165, 1.54) is 49.4 Å². The summed E-state index contributed by atoms with van der Waals surface area (Å²) in [5.74, 6) is 2.20. The van der Waals surface area contributed by atoms with Gasteiger partial charge in [0, 0.05) is 18.3 Å². The molecule has 15 heavy (non-hydrogen) atoms. The molecule has 0 amide bonds. The summed E-state index contributed by atoms with van der Waals surface area (Å²) in [7, 11) is 0. The number of hydrogen-bond donors (Lipinski definition) is 1. The van der Waals surface area contributed by atoms with Gasteiger partial charge in [0.2, 0.25) is 0 Å². The quantitative estimate of drug-likeness (QED) is 0.745. The van der Waals surface area contributed by atoms with Crippen molar-refractivity contribution in [3.05, 3.63) is 0 Å². The largest absolute Gasteiger partial charge is 0.362 e. The third-order valence-corrected chi connectivity index (χ3v) is 4.53. The first-order valence-corrected chi connectivity index (χ1v) is 7.27. The maximum absolute atomic E-state index is 4.60. The van der Waals surface area contributed by atoms with Crippen LogP contribution in [0, 0.1) is 5.92 Å². The summed E-state index contributed by atoms with van der Waals surface area (Å²) < 4.78 is 0. The second-order valence-corrected chi connectivity index (χ2v) is 5.84. The summed E-state index contributed by atoms with van der Waals surface area (Å²) in [6.45, 7) is 3.24. The fourth-order valence-electron chi connectivity index (χ4n) is 2.45. The highest BCUT2D eigenvalue weighted by molar-refractivity contribution is 8.14. The van der Waals surface area contributed by atoms with Crippen molar-refractivity contribution in [2.24, 2.45) is 10.9 Å². The Morgan fingerprint density at radius 1 is 1.40 bits per heavy atom. The van der Waals surface area contributed by atoms with Crippen LogP contribution in [0.4, 0.5) is 0 Å². The topological polar surface area (TPSA) is 24.4 Å². The number of aliphatic imine (C=N–C) groups is 1. The van der Waals surface area contributed by atoms with Gasteiger partial charge in [0.25, 0.3) is 0 Å². The minimum absolute atomic E-state index is 0.614. The van der Waals surface area contributed by atoms with Gasteiger partial charge in [-0.3, -0.25) is 4.99 Å². The first kappa shape index (κ1) is 11.3. The lowest BCUT2D eigenvalue weighted by atomic mass is 10.0.